The Labute approximate surface area is 85.8 Å². The lowest BCUT2D eigenvalue weighted by atomic mass is 10.3. The van der Waals surface area contributed by atoms with E-state index in [1.165, 1.54) is 19.4 Å². The van der Waals surface area contributed by atoms with Gasteiger partial charge < -0.3 is 15.0 Å². The van der Waals surface area contributed by atoms with Gasteiger partial charge in [-0.2, -0.15) is 5.26 Å². The molecule has 0 bridgehead atoms. The first-order valence-electron chi connectivity index (χ1n) is 4.11. The first-order chi connectivity index (χ1) is 7.17. The van der Waals surface area contributed by atoms with Crippen molar-refractivity contribution in [1.82, 2.24) is 10.3 Å². The molecule has 0 aromatic carbocycles. The zero-order valence-electron chi connectivity index (χ0n) is 8.03. The third kappa shape index (κ3) is 2.84. The minimum atomic E-state index is -0.532. The third-order valence-electron chi connectivity index (χ3n) is 1.68. The molecule has 1 amide bonds. The van der Waals surface area contributed by atoms with Gasteiger partial charge in [0, 0.05) is 6.20 Å². The van der Waals surface area contributed by atoms with Crippen LogP contribution in [0, 0.1) is 11.3 Å². The van der Waals surface area contributed by atoms with Crippen molar-refractivity contribution in [1.29, 1.82) is 5.26 Å². The number of carbonyl (C=O) groups is 2. The van der Waals surface area contributed by atoms with Gasteiger partial charge in [-0.3, -0.25) is 9.59 Å². The van der Waals surface area contributed by atoms with E-state index in [0.29, 0.717) is 5.56 Å². The van der Waals surface area contributed by atoms with E-state index in [0.717, 1.165) is 0 Å². The average Bonchev–Trinajstić information content (AvgIpc) is 2.73. The second-order valence-electron chi connectivity index (χ2n) is 2.67. The number of ether oxygens (including phenoxy) is 1. The van der Waals surface area contributed by atoms with Crippen molar-refractivity contribution in [3.8, 4) is 6.07 Å². The van der Waals surface area contributed by atoms with Crippen molar-refractivity contribution >= 4 is 11.9 Å². The standard InChI is InChI=1S/C9H9N3O3/c1-15-8(13)5-12-9(14)7-2-6(3-10)4-11-7/h2,4,11H,5H2,1H3,(H,12,14). The van der Waals surface area contributed by atoms with Crippen LogP contribution in [0.4, 0.5) is 0 Å². The summed E-state index contributed by atoms with van der Waals surface area (Å²) in [6.45, 7) is -0.198. The first kappa shape index (κ1) is 10.8. The van der Waals surface area contributed by atoms with Gasteiger partial charge in [-0.1, -0.05) is 0 Å². The predicted octanol–water partition coefficient (Wildman–Crippen LogP) is -0.211. The topological polar surface area (TPSA) is 95.0 Å². The molecule has 1 rings (SSSR count). The maximum atomic E-state index is 11.3. The number of carbonyl (C=O) groups excluding carboxylic acids is 2. The molecule has 6 heteroatoms. The zero-order valence-corrected chi connectivity index (χ0v) is 8.03. The van der Waals surface area contributed by atoms with Gasteiger partial charge in [-0.05, 0) is 6.07 Å². The number of aromatic amines is 1. The fourth-order valence-corrected chi connectivity index (χ4v) is 0.910. The van der Waals surface area contributed by atoms with Crippen LogP contribution < -0.4 is 5.32 Å². The number of nitrogens with one attached hydrogen (secondary N) is 2. The largest absolute Gasteiger partial charge is 0.468 e. The van der Waals surface area contributed by atoms with Crippen molar-refractivity contribution in [2.45, 2.75) is 0 Å². The molecule has 0 aliphatic rings. The number of esters is 1. The maximum Gasteiger partial charge on any atom is 0.325 e. The van der Waals surface area contributed by atoms with Crippen LogP contribution in [0.3, 0.4) is 0 Å². The average molecular weight is 207 g/mol. The van der Waals surface area contributed by atoms with E-state index in [4.69, 9.17) is 5.26 Å². The predicted molar refractivity (Wildman–Crippen MR) is 49.9 cm³/mol. The highest BCUT2D eigenvalue weighted by Gasteiger charge is 2.09. The van der Waals surface area contributed by atoms with Crippen LogP contribution in [0.2, 0.25) is 0 Å². The minimum absolute atomic E-state index is 0.198. The molecule has 0 fully saturated rings. The summed E-state index contributed by atoms with van der Waals surface area (Å²) in [5.74, 6) is -0.989. The summed E-state index contributed by atoms with van der Waals surface area (Å²) in [5, 5.41) is 10.8. The van der Waals surface area contributed by atoms with Crippen LogP contribution in [0.25, 0.3) is 0 Å². The molecule has 0 aliphatic heterocycles. The number of nitriles is 1. The number of amides is 1. The second-order valence-corrected chi connectivity index (χ2v) is 2.67. The van der Waals surface area contributed by atoms with Crippen molar-refractivity contribution in [3.05, 3.63) is 23.5 Å². The molecule has 78 valence electrons. The van der Waals surface area contributed by atoms with Gasteiger partial charge in [0.05, 0.1) is 12.7 Å². The number of aromatic nitrogens is 1. The van der Waals surface area contributed by atoms with Gasteiger partial charge in [-0.15, -0.1) is 0 Å². The summed E-state index contributed by atoms with van der Waals surface area (Å²) in [7, 11) is 1.23. The van der Waals surface area contributed by atoms with Crippen molar-refractivity contribution in [2.75, 3.05) is 13.7 Å². The summed E-state index contributed by atoms with van der Waals surface area (Å²) in [6.07, 6.45) is 1.41. The highest BCUT2D eigenvalue weighted by molar-refractivity contribution is 5.94. The lowest BCUT2D eigenvalue weighted by Gasteiger charge is -2.00. The number of hydrogen-bond donors (Lipinski definition) is 2. The van der Waals surface area contributed by atoms with Crippen molar-refractivity contribution in [2.24, 2.45) is 0 Å². The summed E-state index contributed by atoms with van der Waals surface area (Å²) in [5.41, 5.74) is 0.591. The Hall–Kier alpha value is -2.29. The quantitative estimate of drug-likeness (QED) is 0.670. The molecule has 15 heavy (non-hydrogen) atoms. The smallest absolute Gasteiger partial charge is 0.325 e. The summed E-state index contributed by atoms with van der Waals surface area (Å²) < 4.78 is 4.35. The highest BCUT2D eigenvalue weighted by Crippen LogP contribution is 2.00. The SMILES string of the molecule is COC(=O)CNC(=O)c1cc(C#N)c[nH]1. The van der Waals surface area contributed by atoms with E-state index in [1.54, 1.807) is 0 Å². The lowest BCUT2D eigenvalue weighted by Crippen LogP contribution is -2.30. The molecule has 0 saturated carbocycles. The first-order valence-corrected chi connectivity index (χ1v) is 4.11. The number of rotatable bonds is 3. The highest BCUT2D eigenvalue weighted by atomic mass is 16.5. The number of methoxy groups -OCH3 is 1. The molecule has 0 radical (unpaired) electrons. The molecule has 0 aliphatic carbocycles. The Bertz CT molecular complexity index is 416. The number of H-pyrrole nitrogens is 1. The van der Waals surface area contributed by atoms with Crippen molar-refractivity contribution in [3.63, 3.8) is 0 Å². The Morgan fingerprint density at radius 3 is 2.93 bits per heavy atom. The molecule has 2 N–H and O–H groups in total. The Kier molecular flexibility index (Phi) is 3.46. The van der Waals surface area contributed by atoms with Crippen LogP contribution in [-0.4, -0.2) is 30.5 Å². The Morgan fingerprint density at radius 1 is 1.67 bits per heavy atom. The van der Waals surface area contributed by atoms with Crippen LogP contribution in [0.5, 0.6) is 0 Å². The molecule has 0 atom stereocenters. The summed E-state index contributed by atoms with van der Waals surface area (Å²) >= 11 is 0. The van der Waals surface area contributed by atoms with E-state index in [2.05, 4.69) is 15.0 Å². The maximum absolute atomic E-state index is 11.3. The summed E-state index contributed by atoms with van der Waals surface area (Å²) in [6, 6.07) is 3.27. The van der Waals surface area contributed by atoms with E-state index in [-0.39, 0.29) is 12.2 Å². The molecule has 0 unspecified atom stereocenters. The molecule has 1 aromatic rings. The van der Waals surface area contributed by atoms with Gasteiger partial charge in [0.25, 0.3) is 5.91 Å². The van der Waals surface area contributed by atoms with Crippen LogP contribution in [-0.2, 0) is 9.53 Å². The lowest BCUT2D eigenvalue weighted by molar-refractivity contribution is -0.139. The van der Waals surface area contributed by atoms with E-state index in [1.807, 2.05) is 6.07 Å². The summed E-state index contributed by atoms with van der Waals surface area (Å²) in [4.78, 5) is 24.7. The van der Waals surface area contributed by atoms with Gasteiger partial charge in [-0.25, -0.2) is 0 Å². The molecular formula is C9H9N3O3. The van der Waals surface area contributed by atoms with Crippen LogP contribution >= 0.6 is 0 Å². The third-order valence-corrected chi connectivity index (χ3v) is 1.68. The Balaban J connectivity index is 2.55. The fourth-order valence-electron chi connectivity index (χ4n) is 0.910. The van der Waals surface area contributed by atoms with Crippen molar-refractivity contribution < 1.29 is 14.3 Å². The molecule has 0 spiro atoms. The molecule has 6 nitrogen and oxygen atoms in total. The van der Waals surface area contributed by atoms with E-state index in [9.17, 15) is 9.59 Å². The molecule has 1 aromatic heterocycles. The van der Waals surface area contributed by atoms with Gasteiger partial charge in [0.1, 0.15) is 18.3 Å². The molecule has 0 saturated heterocycles. The minimum Gasteiger partial charge on any atom is -0.468 e. The van der Waals surface area contributed by atoms with Gasteiger partial charge in [0.15, 0.2) is 0 Å². The van der Waals surface area contributed by atoms with Gasteiger partial charge in [0.2, 0.25) is 0 Å². The monoisotopic (exact) mass is 207 g/mol. The zero-order chi connectivity index (χ0) is 11.3. The number of nitrogens with zero attached hydrogens (tertiary/aromatic N) is 1. The van der Waals surface area contributed by atoms with Crippen LogP contribution in [0.15, 0.2) is 12.3 Å². The Morgan fingerprint density at radius 2 is 2.40 bits per heavy atom. The normalized spacial score (nSPS) is 9.07. The van der Waals surface area contributed by atoms with Crippen LogP contribution in [0.1, 0.15) is 16.1 Å². The fraction of sp³-hybridized carbons (Fsp3) is 0.222. The number of hydrogen-bond acceptors (Lipinski definition) is 4. The second kappa shape index (κ2) is 4.81. The molecular weight excluding hydrogens is 198 g/mol. The van der Waals surface area contributed by atoms with E-state index >= 15 is 0 Å². The van der Waals surface area contributed by atoms with E-state index < -0.39 is 11.9 Å². The molecule has 1 heterocycles. The van der Waals surface area contributed by atoms with Gasteiger partial charge >= 0.3 is 5.97 Å².